The lowest BCUT2D eigenvalue weighted by molar-refractivity contribution is -0.384. The molecule has 1 aromatic carbocycles. The number of carboxylic acids is 1. The molecule has 2 aromatic rings. The minimum absolute atomic E-state index is 0.0808. The SMILES string of the molecule is O=C(O)c1cc(Oc2ccc([N+](=O)[O-])cc2Cl)cs1. The summed E-state index contributed by atoms with van der Waals surface area (Å²) in [4.78, 5) is 20.8. The van der Waals surface area contributed by atoms with Crippen LogP contribution in [0.1, 0.15) is 9.67 Å². The molecule has 0 saturated carbocycles. The van der Waals surface area contributed by atoms with Crippen LogP contribution in [0.25, 0.3) is 0 Å². The summed E-state index contributed by atoms with van der Waals surface area (Å²) < 4.78 is 5.37. The average Bonchev–Trinajstić information content (AvgIpc) is 2.80. The Morgan fingerprint density at radius 1 is 1.42 bits per heavy atom. The molecule has 0 aliphatic carbocycles. The van der Waals surface area contributed by atoms with Gasteiger partial charge in [0.05, 0.1) is 9.95 Å². The first-order valence-electron chi connectivity index (χ1n) is 4.91. The number of rotatable bonds is 4. The van der Waals surface area contributed by atoms with E-state index in [4.69, 9.17) is 21.4 Å². The predicted molar refractivity (Wildman–Crippen MR) is 69.5 cm³/mol. The van der Waals surface area contributed by atoms with Gasteiger partial charge in [0.1, 0.15) is 16.4 Å². The third-order valence-corrected chi connectivity index (χ3v) is 3.33. The Bertz CT molecular complexity index is 654. The smallest absolute Gasteiger partial charge is 0.346 e. The van der Waals surface area contributed by atoms with Gasteiger partial charge in [-0.2, -0.15) is 0 Å². The first kappa shape index (κ1) is 13.3. The van der Waals surface area contributed by atoms with Crippen molar-refractivity contribution in [3.05, 3.63) is 49.7 Å². The molecule has 0 aliphatic rings. The van der Waals surface area contributed by atoms with Gasteiger partial charge < -0.3 is 9.84 Å². The van der Waals surface area contributed by atoms with Gasteiger partial charge in [-0.1, -0.05) is 11.6 Å². The molecular formula is C11H6ClNO5S. The van der Waals surface area contributed by atoms with Crippen molar-refractivity contribution in [2.24, 2.45) is 0 Å². The molecule has 0 amide bonds. The summed E-state index contributed by atoms with van der Waals surface area (Å²) in [5.74, 6) is -0.505. The molecule has 0 fully saturated rings. The van der Waals surface area contributed by atoms with Gasteiger partial charge in [-0.3, -0.25) is 10.1 Å². The number of nitro benzene ring substituents is 1. The molecule has 1 aromatic heterocycles. The van der Waals surface area contributed by atoms with Crippen LogP contribution in [0.3, 0.4) is 0 Å². The van der Waals surface area contributed by atoms with Crippen molar-refractivity contribution < 1.29 is 19.6 Å². The number of hydrogen-bond donors (Lipinski definition) is 1. The van der Waals surface area contributed by atoms with Crippen LogP contribution in [0, 0.1) is 10.1 Å². The van der Waals surface area contributed by atoms with Crippen LogP contribution in [-0.2, 0) is 0 Å². The molecule has 0 bridgehead atoms. The molecule has 1 heterocycles. The van der Waals surface area contributed by atoms with Crippen molar-refractivity contribution in [1.82, 2.24) is 0 Å². The van der Waals surface area contributed by atoms with Crippen molar-refractivity contribution in [2.75, 3.05) is 0 Å². The number of hydrogen-bond acceptors (Lipinski definition) is 5. The summed E-state index contributed by atoms with van der Waals surface area (Å²) in [6.07, 6.45) is 0. The van der Waals surface area contributed by atoms with Gasteiger partial charge in [0.2, 0.25) is 0 Å². The van der Waals surface area contributed by atoms with Crippen LogP contribution in [0.5, 0.6) is 11.5 Å². The van der Waals surface area contributed by atoms with E-state index in [1.165, 1.54) is 29.6 Å². The van der Waals surface area contributed by atoms with Crippen molar-refractivity contribution in [2.45, 2.75) is 0 Å². The molecule has 0 atom stereocenters. The predicted octanol–water partition coefficient (Wildman–Crippen LogP) is 3.80. The second-order valence-corrected chi connectivity index (χ2v) is 4.74. The third-order valence-electron chi connectivity index (χ3n) is 2.14. The molecule has 2 rings (SSSR count). The number of nitro groups is 1. The second kappa shape index (κ2) is 5.25. The van der Waals surface area contributed by atoms with Crippen molar-refractivity contribution in [1.29, 1.82) is 0 Å². The second-order valence-electron chi connectivity index (χ2n) is 3.43. The van der Waals surface area contributed by atoms with Gasteiger partial charge in [-0.25, -0.2) is 4.79 Å². The monoisotopic (exact) mass is 299 g/mol. The average molecular weight is 300 g/mol. The zero-order valence-electron chi connectivity index (χ0n) is 9.20. The molecule has 8 heteroatoms. The summed E-state index contributed by atoms with van der Waals surface area (Å²) >= 11 is 6.87. The van der Waals surface area contributed by atoms with Crippen LogP contribution in [0.15, 0.2) is 29.6 Å². The highest BCUT2D eigenvalue weighted by molar-refractivity contribution is 7.12. The first-order chi connectivity index (χ1) is 8.97. The number of non-ortho nitro benzene ring substituents is 1. The van der Waals surface area contributed by atoms with Gasteiger partial charge in [0.15, 0.2) is 0 Å². The maximum Gasteiger partial charge on any atom is 0.346 e. The lowest BCUT2D eigenvalue weighted by Gasteiger charge is -2.04. The van der Waals surface area contributed by atoms with E-state index in [1.807, 2.05) is 0 Å². The molecule has 1 N–H and O–H groups in total. The lowest BCUT2D eigenvalue weighted by Crippen LogP contribution is -1.91. The van der Waals surface area contributed by atoms with E-state index >= 15 is 0 Å². The summed E-state index contributed by atoms with van der Waals surface area (Å²) in [7, 11) is 0. The third kappa shape index (κ3) is 3.01. The maximum absolute atomic E-state index is 10.7. The van der Waals surface area contributed by atoms with E-state index in [2.05, 4.69) is 0 Å². The van der Waals surface area contributed by atoms with Crippen LogP contribution >= 0.6 is 22.9 Å². The van der Waals surface area contributed by atoms with Crippen molar-refractivity contribution in [3.8, 4) is 11.5 Å². The molecule has 0 radical (unpaired) electrons. The van der Waals surface area contributed by atoms with Crippen molar-refractivity contribution >= 4 is 34.6 Å². The van der Waals surface area contributed by atoms with Crippen LogP contribution < -0.4 is 4.74 Å². The number of carboxylic acid groups (broad SMARTS) is 1. The number of aromatic carboxylic acids is 1. The summed E-state index contributed by atoms with van der Waals surface area (Å²) in [5, 5.41) is 20.9. The van der Waals surface area contributed by atoms with Crippen LogP contribution in [0.2, 0.25) is 5.02 Å². The number of benzene rings is 1. The van der Waals surface area contributed by atoms with Gasteiger partial charge in [-0.05, 0) is 6.07 Å². The van der Waals surface area contributed by atoms with Crippen LogP contribution in [-0.4, -0.2) is 16.0 Å². The van der Waals surface area contributed by atoms with E-state index in [-0.39, 0.29) is 21.3 Å². The molecule has 0 saturated heterocycles. The Labute approximate surface area is 116 Å². The lowest BCUT2D eigenvalue weighted by atomic mass is 10.3. The van der Waals surface area contributed by atoms with Gasteiger partial charge in [0, 0.05) is 23.6 Å². The van der Waals surface area contributed by atoms with E-state index < -0.39 is 10.9 Å². The normalized spacial score (nSPS) is 10.2. The molecule has 0 aliphatic heterocycles. The number of nitrogens with zero attached hydrogens (tertiary/aromatic N) is 1. The van der Waals surface area contributed by atoms with E-state index in [1.54, 1.807) is 0 Å². The van der Waals surface area contributed by atoms with E-state index in [0.29, 0.717) is 5.75 Å². The molecule has 98 valence electrons. The number of halogens is 1. The Balaban J connectivity index is 2.23. The van der Waals surface area contributed by atoms with Gasteiger partial charge in [0.25, 0.3) is 5.69 Å². The summed E-state index contributed by atoms with van der Waals surface area (Å²) in [6.45, 7) is 0. The maximum atomic E-state index is 10.7. The van der Waals surface area contributed by atoms with E-state index in [9.17, 15) is 14.9 Å². The fourth-order valence-corrected chi connectivity index (χ4v) is 2.16. The summed E-state index contributed by atoms with van der Waals surface area (Å²) in [5.41, 5.74) is -0.145. The highest BCUT2D eigenvalue weighted by atomic mass is 35.5. The number of thiophene rings is 1. The molecule has 19 heavy (non-hydrogen) atoms. The van der Waals surface area contributed by atoms with Gasteiger partial charge in [-0.15, -0.1) is 11.3 Å². The molecule has 0 spiro atoms. The van der Waals surface area contributed by atoms with Gasteiger partial charge >= 0.3 is 5.97 Å². The largest absolute Gasteiger partial charge is 0.477 e. The minimum Gasteiger partial charge on any atom is -0.477 e. The fourth-order valence-electron chi connectivity index (χ4n) is 1.30. The van der Waals surface area contributed by atoms with E-state index in [0.717, 1.165) is 11.3 Å². The summed E-state index contributed by atoms with van der Waals surface area (Å²) in [6, 6.07) is 5.14. The number of ether oxygens (including phenoxy) is 1. The fraction of sp³-hybridized carbons (Fsp3) is 0. The zero-order chi connectivity index (χ0) is 14.0. The Kier molecular flexibility index (Phi) is 3.68. The number of carbonyl (C=O) groups is 1. The standard InChI is InChI=1S/C11H6ClNO5S/c12-8-3-6(13(16)17)1-2-9(8)18-7-4-10(11(14)15)19-5-7/h1-5H,(H,14,15). The highest BCUT2D eigenvalue weighted by Crippen LogP contribution is 2.34. The Hall–Kier alpha value is -2.12. The molecule has 0 unspecified atom stereocenters. The quantitative estimate of drug-likeness (QED) is 0.685. The van der Waals surface area contributed by atoms with Crippen molar-refractivity contribution in [3.63, 3.8) is 0 Å². The Morgan fingerprint density at radius 2 is 2.16 bits per heavy atom. The molecular weight excluding hydrogens is 294 g/mol. The topological polar surface area (TPSA) is 89.7 Å². The minimum atomic E-state index is -1.05. The van der Waals surface area contributed by atoms with Crippen LogP contribution in [0.4, 0.5) is 5.69 Å². The Morgan fingerprint density at radius 3 is 2.68 bits per heavy atom. The highest BCUT2D eigenvalue weighted by Gasteiger charge is 2.13. The molecule has 6 nitrogen and oxygen atoms in total. The zero-order valence-corrected chi connectivity index (χ0v) is 10.8. The first-order valence-corrected chi connectivity index (χ1v) is 6.17.